The van der Waals surface area contributed by atoms with Crippen LogP contribution >= 0.6 is 0 Å². The van der Waals surface area contributed by atoms with E-state index < -0.39 is 12.1 Å². The molecule has 2 aromatic carbocycles. The van der Waals surface area contributed by atoms with Crippen molar-refractivity contribution in [1.29, 1.82) is 0 Å². The molecular formula is C28H32N4O4. The van der Waals surface area contributed by atoms with E-state index in [0.29, 0.717) is 31.6 Å². The first kappa shape index (κ1) is 24.1. The van der Waals surface area contributed by atoms with Crippen LogP contribution in [0.2, 0.25) is 0 Å². The van der Waals surface area contributed by atoms with Gasteiger partial charge in [-0.25, -0.2) is 0 Å². The van der Waals surface area contributed by atoms with E-state index in [9.17, 15) is 14.4 Å². The Morgan fingerprint density at radius 2 is 1.86 bits per heavy atom. The molecule has 8 heteroatoms. The molecule has 0 saturated heterocycles. The monoisotopic (exact) mass is 488 g/mol. The first-order chi connectivity index (χ1) is 17.4. The first-order valence-corrected chi connectivity index (χ1v) is 12.6. The molecule has 0 unspecified atom stereocenters. The quantitative estimate of drug-likeness (QED) is 0.424. The van der Waals surface area contributed by atoms with Crippen molar-refractivity contribution in [3.8, 4) is 0 Å². The summed E-state index contributed by atoms with van der Waals surface area (Å²) in [5, 5.41) is 6.76. The number of ether oxygens (including phenoxy) is 1. The molecular weight excluding hydrogens is 456 g/mol. The lowest BCUT2D eigenvalue weighted by atomic mass is 9.90. The number of aromatic nitrogens is 1. The average Bonchev–Trinajstić information content (AvgIpc) is 3.38. The second kappa shape index (κ2) is 9.78. The molecule has 0 aliphatic carbocycles. The Hall–Kier alpha value is -3.65. The molecule has 188 valence electrons. The Balaban J connectivity index is 1.37. The van der Waals surface area contributed by atoms with Gasteiger partial charge in [0.05, 0.1) is 12.1 Å². The Morgan fingerprint density at radius 1 is 1.11 bits per heavy atom. The summed E-state index contributed by atoms with van der Waals surface area (Å²) in [6.07, 6.45) is 1.22. The minimum absolute atomic E-state index is 0.148. The molecule has 1 aromatic heterocycles. The molecule has 5 rings (SSSR count). The van der Waals surface area contributed by atoms with Crippen LogP contribution in [0.4, 0.5) is 0 Å². The molecule has 3 aromatic rings. The Bertz CT molecular complexity index is 1310. The third kappa shape index (κ3) is 4.26. The van der Waals surface area contributed by atoms with E-state index in [1.165, 1.54) is 0 Å². The second-order valence-corrected chi connectivity index (χ2v) is 9.78. The number of para-hydroxylation sites is 1. The third-order valence-corrected chi connectivity index (χ3v) is 6.98. The van der Waals surface area contributed by atoms with Crippen molar-refractivity contribution < 1.29 is 19.1 Å². The molecule has 36 heavy (non-hydrogen) atoms. The van der Waals surface area contributed by atoms with Crippen LogP contribution in [-0.4, -0.2) is 58.9 Å². The average molecular weight is 489 g/mol. The van der Waals surface area contributed by atoms with Crippen LogP contribution < -0.4 is 10.6 Å². The van der Waals surface area contributed by atoms with Crippen LogP contribution in [0.25, 0.3) is 10.9 Å². The van der Waals surface area contributed by atoms with E-state index in [4.69, 9.17) is 4.74 Å². The van der Waals surface area contributed by atoms with Crippen molar-refractivity contribution in [3.05, 3.63) is 70.9 Å². The molecule has 0 saturated carbocycles. The van der Waals surface area contributed by atoms with Gasteiger partial charge in [0.1, 0.15) is 12.1 Å². The van der Waals surface area contributed by atoms with Gasteiger partial charge in [-0.3, -0.25) is 14.4 Å². The van der Waals surface area contributed by atoms with Crippen molar-refractivity contribution in [2.45, 2.75) is 57.8 Å². The lowest BCUT2D eigenvalue weighted by Gasteiger charge is -2.37. The molecule has 3 heterocycles. The highest BCUT2D eigenvalue weighted by molar-refractivity contribution is 6.04. The molecule has 3 atom stereocenters. The molecule has 2 aliphatic rings. The normalized spacial score (nSPS) is 19.1. The highest BCUT2D eigenvalue weighted by atomic mass is 16.5. The summed E-state index contributed by atoms with van der Waals surface area (Å²) in [7, 11) is 0. The maximum Gasteiger partial charge on any atom is 0.255 e. The molecule has 0 bridgehead atoms. The Morgan fingerprint density at radius 3 is 2.67 bits per heavy atom. The Kier molecular flexibility index (Phi) is 6.53. The maximum absolute atomic E-state index is 13.6. The number of nitrogens with zero attached hydrogens (tertiary/aromatic N) is 1. The topological polar surface area (TPSA) is 104 Å². The number of aromatic amines is 1. The molecule has 3 amide bonds. The van der Waals surface area contributed by atoms with Gasteiger partial charge in [0.15, 0.2) is 0 Å². The van der Waals surface area contributed by atoms with Crippen LogP contribution in [-0.2, 0) is 20.7 Å². The van der Waals surface area contributed by atoms with Gasteiger partial charge in [-0.05, 0) is 50.5 Å². The first-order valence-electron chi connectivity index (χ1n) is 12.6. The van der Waals surface area contributed by atoms with Crippen LogP contribution in [0.1, 0.15) is 60.4 Å². The van der Waals surface area contributed by atoms with Gasteiger partial charge in [-0.2, -0.15) is 0 Å². The minimum Gasteiger partial charge on any atom is -0.379 e. The fourth-order valence-electron chi connectivity index (χ4n) is 5.27. The van der Waals surface area contributed by atoms with Gasteiger partial charge in [-0.15, -0.1) is 0 Å². The van der Waals surface area contributed by atoms with Crippen molar-refractivity contribution in [2.75, 3.05) is 13.2 Å². The van der Waals surface area contributed by atoms with Crippen LogP contribution in [0.15, 0.2) is 48.5 Å². The summed E-state index contributed by atoms with van der Waals surface area (Å²) in [6.45, 7) is 6.63. The summed E-state index contributed by atoms with van der Waals surface area (Å²) in [6, 6.07) is 13.7. The van der Waals surface area contributed by atoms with Crippen molar-refractivity contribution in [3.63, 3.8) is 0 Å². The van der Waals surface area contributed by atoms with Gasteiger partial charge in [0.2, 0.25) is 11.8 Å². The van der Waals surface area contributed by atoms with Crippen LogP contribution in [0.5, 0.6) is 0 Å². The second-order valence-electron chi connectivity index (χ2n) is 9.78. The number of hydrogen-bond donors (Lipinski definition) is 3. The summed E-state index contributed by atoms with van der Waals surface area (Å²) in [5.74, 6) is -0.755. The van der Waals surface area contributed by atoms with Gasteiger partial charge in [0, 0.05) is 41.7 Å². The standard InChI is InChI=1S/C28H32N4O4/c1-16(2)36-14-8-13-29-26(33)17(3)30-27(34)23-15-21-18-9-6-7-12-22(18)31-24(21)25-19-10-4-5-11-20(19)28(35)32(23)25/h4-7,9-12,16-17,23,25,31H,8,13-15H2,1-3H3,(H,29,33)(H,30,34)/t17-,23-,25-/m0/s1. The number of rotatable bonds is 8. The number of carbonyl (C=O) groups excluding carboxylic acids is 3. The lowest BCUT2D eigenvalue weighted by Crippen LogP contribution is -2.56. The molecule has 0 spiro atoms. The van der Waals surface area contributed by atoms with E-state index >= 15 is 0 Å². The van der Waals surface area contributed by atoms with Crippen LogP contribution in [0, 0.1) is 0 Å². The van der Waals surface area contributed by atoms with Crippen LogP contribution in [0.3, 0.4) is 0 Å². The van der Waals surface area contributed by atoms with Crippen molar-refractivity contribution in [1.82, 2.24) is 20.5 Å². The minimum atomic E-state index is -0.730. The number of H-pyrrole nitrogens is 1. The number of nitrogens with one attached hydrogen (secondary N) is 3. The maximum atomic E-state index is 13.6. The Labute approximate surface area is 210 Å². The van der Waals surface area contributed by atoms with Gasteiger partial charge in [0.25, 0.3) is 5.91 Å². The molecule has 0 fully saturated rings. The third-order valence-electron chi connectivity index (χ3n) is 6.98. The SMILES string of the molecule is CC(C)OCCCNC(=O)[C@H](C)NC(=O)[C@@H]1Cc2c([nH]c3ccccc23)[C@@H]2c3ccccc3C(=O)N21. The zero-order valence-corrected chi connectivity index (χ0v) is 20.8. The molecule has 0 radical (unpaired) electrons. The predicted molar refractivity (Wildman–Crippen MR) is 137 cm³/mol. The molecule has 8 nitrogen and oxygen atoms in total. The van der Waals surface area contributed by atoms with E-state index in [-0.39, 0.29) is 29.9 Å². The van der Waals surface area contributed by atoms with Crippen molar-refractivity contribution in [2.24, 2.45) is 0 Å². The predicted octanol–water partition coefficient (Wildman–Crippen LogP) is 3.07. The molecule has 2 aliphatic heterocycles. The smallest absolute Gasteiger partial charge is 0.255 e. The van der Waals surface area contributed by atoms with E-state index in [1.807, 2.05) is 62.4 Å². The number of hydrogen-bond acceptors (Lipinski definition) is 4. The zero-order valence-electron chi connectivity index (χ0n) is 20.8. The number of amides is 3. The number of fused-ring (bicyclic) bond motifs is 7. The van der Waals surface area contributed by atoms with Gasteiger partial charge >= 0.3 is 0 Å². The summed E-state index contributed by atoms with van der Waals surface area (Å²) >= 11 is 0. The van der Waals surface area contributed by atoms with E-state index in [2.05, 4.69) is 15.6 Å². The largest absolute Gasteiger partial charge is 0.379 e. The summed E-state index contributed by atoms with van der Waals surface area (Å²) in [4.78, 5) is 44.8. The summed E-state index contributed by atoms with van der Waals surface area (Å²) < 4.78 is 5.50. The van der Waals surface area contributed by atoms with E-state index in [1.54, 1.807) is 11.8 Å². The molecule has 3 N–H and O–H groups in total. The fourth-order valence-corrected chi connectivity index (χ4v) is 5.27. The van der Waals surface area contributed by atoms with Gasteiger partial charge < -0.3 is 25.3 Å². The summed E-state index contributed by atoms with van der Waals surface area (Å²) in [5.41, 5.74) is 4.48. The number of carbonyl (C=O) groups is 3. The van der Waals surface area contributed by atoms with Gasteiger partial charge in [-0.1, -0.05) is 36.4 Å². The highest BCUT2D eigenvalue weighted by Gasteiger charge is 2.49. The highest BCUT2D eigenvalue weighted by Crippen LogP contribution is 2.46. The number of benzene rings is 2. The van der Waals surface area contributed by atoms with Crippen molar-refractivity contribution >= 4 is 28.6 Å². The zero-order chi connectivity index (χ0) is 25.4. The fraction of sp³-hybridized carbons (Fsp3) is 0.393. The lowest BCUT2D eigenvalue weighted by molar-refractivity contribution is -0.131. The van der Waals surface area contributed by atoms with E-state index in [0.717, 1.165) is 27.7 Å².